The molecule has 6 heteroatoms. The van der Waals surface area contributed by atoms with Gasteiger partial charge in [0.25, 0.3) is 5.69 Å². The number of benzene rings is 1. The molecule has 0 saturated heterocycles. The maximum atomic E-state index is 10.6. The fourth-order valence-electron chi connectivity index (χ4n) is 0.911. The third-order valence-electron chi connectivity index (χ3n) is 1.46. The van der Waals surface area contributed by atoms with Crippen LogP contribution in [0.5, 0.6) is 5.75 Å². The summed E-state index contributed by atoms with van der Waals surface area (Å²) in [6.07, 6.45) is 0. The molecule has 74 valence electrons. The highest BCUT2D eigenvalue weighted by Gasteiger charge is 2.12. The van der Waals surface area contributed by atoms with Crippen molar-refractivity contribution in [2.75, 3.05) is 5.73 Å². The quantitative estimate of drug-likeness (QED) is 0.251. The van der Waals surface area contributed by atoms with Gasteiger partial charge in [0, 0.05) is 6.92 Å². The number of carbonyl (C=O) groups excluding carboxylic acids is 1. The van der Waals surface area contributed by atoms with E-state index in [1.165, 1.54) is 19.1 Å². The Morgan fingerprint density at radius 3 is 2.71 bits per heavy atom. The van der Waals surface area contributed by atoms with Crippen LogP contribution in [0.1, 0.15) is 6.92 Å². The van der Waals surface area contributed by atoms with Crippen LogP contribution in [-0.2, 0) is 4.79 Å². The van der Waals surface area contributed by atoms with Crippen molar-refractivity contribution < 1.29 is 14.5 Å². The number of nitro benzene ring substituents is 1. The first kappa shape index (κ1) is 9.97. The van der Waals surface area contributed by atoms with Crippen molar-refractivity contribution in [3.05, 3.63) is 28.3 Å². The molecule has 0 radical (unpaired) electrons. The smallest absolute Gasteiger partial charge is 0.308 e. The van der Waals surface area contributed by atoms with Crippen molar-refractivity contribution >= 4 is 17.3 Å². The zero-order chi connectivity index (χ0) is 10.7. The van der Waals surface area contributed by atoms with Gasteiger partial charge in [0.15, 0.2) is 0 Å². The Balaban J connectivity index is 3.06. The molecule has 0 unspecified atom stereocenters. The SMILES string of the molecule is CC(=O)Oc1ccc(N)c([N+](=O)[O-])c1. The van der Waals surface area contributed by atoms with E-state index in [2.05, 4.69) is 4.74 Å². The summed E-state index contributed by atoms with van der Waals surface area (Å²) in [4.78, 5) is 20.4. The topological polar surface area (TPSA) is 95.5 Å². The number of hydrogen-bond acceptors (Lipinski definition) is 5. The summed E-state index contributed by atoms with van der Waals surface area (Å²) in [6, 6.07) is 3.82. The summed E-state index contributed by atoms with van der Waals surface area (Å²) in [5.74, 6) is -0.428. The lowest BCUT2D eigenvalue weighted by Crippen LogP contribution is -2.02. The zero-order valence-electron chi connectivity index (χ0n) is 7.39. The summed E-state index contributed by atoms with van der Waals surface area (Å²) in [5.41, 5.74) is 5.10. The van der Waals surface area contributed by atoms with Gasteiger partial charge in [0.2, 0.25) is 0 Å². The van der Waals surface area contributed by atoms with E-state index in [1.807, 2.05) is 0 Å². The average Bonchev–Trinajstić information content (AvgIpc) is 2.07. The molecular weight excluding hydrogens is 188 g/mol. The van der Waals surface area contributed by atoms with Gasteiger partial charge in [0.1, 0.15) is 11.4 Å². The second-order valence-electron chi connectivity index (χ2n) is 2.57. The Hall–Kier alpha value is -2.11. The van der Waals surface area contributed by atoms with Crippen molar-refractivity contribution in [3.63, 3.8) is 0 Å². The summed E-state index contributed by atoms with van der Waals surface area (Å²) in [7, 11) is 0. The number of esters is 1. The number of carbonyl (C=O) groups is 1. The Kier molecular flexibility index (Phi) is 2.66. The van der Waals surface area contributed by atoms with Crippen LogP contribution in [0.4, 0.5) is 11.4 Å². The first-order chi connectivity index (χ1) is 6.50. The number of nitrogens with zero attached hydrogens (tertiary/aromatic N) is 1. The van der Waals surface area contributed by atoms with Crippen LogP contribution in [0.2, 0.25) is 0 Å². The Morgan fingerprint density at radius 1 is 1.57 bits per heavy atom. The van der Waals surface area contributed by atoms with E-state index in [9.17, 15) is 14.9 Å². The largest absolute Gasteiger partial charge is 0.426 e. The Bertz CT molecular complexity index is 389. The molecule has 0 fully saturated rings. The van der Waals surface area contributed by atoms with E-state index in [4.69, 9.17) is 5.73 Å². The molecule has 1 aromatic carbocycles. The van der Waals surface area contributed by atoms with Crippen molar-refractivity contribution in [3.8, 4) is 5.75 Å². The number of anilines is 1. The molecule has 0 aromatic heterocycles. The first-order valence-electron chi connectivity index (χ1n) is 3.73. The number of nitrogens with two attached hydrogens (primary N) is 1. The molecule has 0 heterocycles. The number of nitro groups is 1. The van der Waals surface area contributed by atoms with Crippen LogP contribution in [-0.4, -0.2) is 10.9 Å². The molecule has 0 aliphatic rings. The van der Waals surface area contributed by atoms with E-state index < -0.39 is 10.9 Å². The summed E-state index contributed by atoms with van der Waals surface area (Å²) in [5, 5.41) is 10.4. The monoisotopic (exact) mass is 196 g/mol. The standard InChI is InChI=1S/C8H8N2O4/c1-5(11)14-6-2-3-7(9)8(4-6)10(12)13/h2-4H,9H2,1H3. The van der Waals surface area contributed by atoms with Crippen LogP contribution in [0.25, 0.3) is 0 Å². The van der Waals surface area contributed by atoms with Crippen molar-refractivity contribution in [2.45, 2.75) is 6.92 Å². The van der Waals surface area contributed by atoms with Gasteiger partial charge in [-0.25, -0.2) is 0 Å². The first-order valence-corrected chi connectivity index (χ1v) is 3.73. The lowest BCUT2D eigenvalue weighted by atomic mass is 10.2. The second kappa shape index (κ2) is 3.73. The van der Waals surface area contributed by atoms with Gasteiger partial charge in [-0.1, -0.05) is 0 Å². The molecule has 0 aliphatic heterocycles. The lowest BCUT2D eigenvalue weighted by Gasteiger charge is -2.01. The molecule has 1 aromatic rings. The molecule has 14 heavy (non-hydrogen) atoms. The van der Waals surface area contributed by atoms with E-state index in [1.54, 1.807) is 0 Å². The molecule has 0 amide bonds. The Labute approximate surface area is 79.4 Å². The number of rotatable bonds is 2. The molecule has 2 N–H and O–H groups in total. The molecule has 1 rings (SSSR count). The van der Waals surface area contributed by atoms with Crippen molar-refractivity contribution in [1.82, 2.24) is 0 Å². The van der Waals surface area contributed by atoms with Crippen LogP contribution in [0, 0.1) is 10.1 Å². The maximum Gasteiger partial charge on any atom is 0.308 e. The highest BCUT2D eigenvalue weighted by molar-refractivity contribution is 5.70. The molecule has 0 saturated carbocycles. The number of nitrogen functional groups attached to an aromatic ring is 1. The molecule has 6 nitrogen and oxygen atoms in total. The van der Waals surface area contributed by atoms with Crippen LogP contribution in [0.15, 0.2) is 18.2 Å². The van der Waals surface area contributed by atoms with Gasteiger partial charge in [-0.15, -0.1) is 0 Å². The van der Waals surface area contributed by atoms with Gasteiger partial charge >= 0.3 is 5.97 Å². The minimum Gasteiger partial charge on any atom is -0.426 e. The highest BCUT2D eigenvalue weighted by Crippen LogP contribution is 2.26. The van der Waals surface area contributed by atoms with E-state index >= 15 is 0 Å². The van der Waals surface area contributed by atoms with E-state index in [-0.39, 0.29) is 17.1 Å². The predicted molar refractivity (Wildman–Crippen MR) is 48.8 cm³/mol. The predicted octanol–water partition coefficient (Wildman–Crippen LogP) is 1.10. The molecule has 0 spiro atoms. The maximum absolute atomic E-state index is 10.6. The van der Waals surface area contributed by atoms with Gasteiger partial charge < -0.3 is 10.5 Å². The Morgan fingerprint density at radius 2 is 2.21 bits per heavy atom. The van der Waals surface area contributed by atoms with Crippen LogP contribution in [0.3, 0.4) is 0 Å². The summed E-state index contributed by atoms with van der Waals surface area (Å²) in [6.45, 7) is 1.21. The van der Waals surface area contributed by atoms with E-state index in [0.717, 1.165) is 6.07 Å². The molecular formula is C8H8N2O4. The molecule has 0 aliphatic carbocycles. The van der Waals surface area contributed by atoms with Gasteiger partial charge in [0.05, 0.1) is 11.0 Å². The number of hydrogen-bond donors (Lipinski definition) is 1. The molecule has 0 atom stereocenters. The van der Waals surface area contributed by atoms with Gasteiger partial charge in [-0.2, -0.15) is 0 Å². The minimum atomic E-state index is -0.637. The van der Waals surface area contributed by atoms with Crippen molar-refractivity contribution in [1.29, 1.82) is 0 Å². The van der Waals surface area contributed by atoms with E-state index in [0.29, 0.717) is 0 Å². The fraction of sp³-hybridized carbons (Fsp3) is 0.125. The summed E-state index contributed by atoms with van der Waals surface area (Å²) < 4.78 is 4.66. The normalized spacial score (nSPS) is 9.50. The second-order valence-corrected chi connectivity index (χ2v) is 2.57. The minimum absolute atomic E-state index is 0.0332. The highest BCUT2D eigenvalue weighted by atomic mass is 16.6. The molecule has 0 bridgehead atoms. The summed E-state index contributed by atoms with van der Waals surface area (Å²) >= 11 is 0. The van der Waals surface area contributed by atoms with Gasteiger partial charge in [-0.3, -0.25) is 14.9 Å². The third kappa shape index (κ3) is 2.19. The fourth-order valence-corrected chi connectivity index (χ4v) is 0.911. The lowest BCUT2D eigenvalue weighted by molar-refractivity contribution is -0.383. The average molecular weight is 196 g/mol. The zero-order valence-corrected chi connectivity index (χ0v) is 7.39. The van der Waals surface area contributed by atoms with Crippen LogP contribution >= 0.6 is 0 Å². The van der Waals surface area contributed by atoms with Crippen molar-refractivity contribution in [2.24, 2.45) is 0 Å². The van der Waals surface area contributed by atoms with Crippen LogP contribution < -0.4 is 10.5 Å². The van der Waals surface area contributed by atoms with Gasteiger partial charge in [-0.05, 0) is 12.1 Å². The third-order valence-corrected chi connectivity index (χ3v) is 1.46. The number of ether oxygens (including phenoxy) is 1.